The predicted molar refractivity (Wildman–Crippen MR) is 101 cm³/mol. The fourth-order valence-corrected chi connectivity index (χ4v) is 3.04. The molecule has 8 heteroatoms. The molecule has 1 unspecified atom stereocenters. The Kier molecular flexibility index (Phi) is 9.54. The number of carbonyl (C=O) groups excluding carboxylic acids is 2. The summed E-state index contributed by atoms with van der Waals surface area (Å²) in [6.45, 7) is 2.72. The van der Waals surface area contributed by atoms with Crippen molar-refractivity contribution in [3.8, 4) is 0 Å². The molecule has 6 nitrogen and oxygen atoms in total. The molecular formula is C18H28ClFN4O2. The number of likely N-dealkylation sites (N-methyl/N-ethyl adjacent to an activating group) is 1. The van der Waals surface area contributed by atoms with Gasteiger partial charge in [-0.2, -0.15) is 0 Å². The van der Waals surface area contributed by atoms with E-state index in [1.807, 2.05) is 4.90 Å². The van der Waals surface area contributed by atoms with Crippen LogP contribution in [0.5, 0.6) is 0 Å². The Morgan fingerprint density at radius 3 is 2.81 bits per heavy atom. The zero-order valence-corrected chi connectivity index (χ0v) is 15.9. The Morgan fingerprint density at radius 1 is 1.38 bits per heavy atom. The molecule has 0 bridgehead atoms. The van der Waals surface area contributed by atoms with Crippen molar-refractivity contribution in [1.29, 1.82) is 0 Å². The molecule has 26 heavy (non-hydrogen) atoms. The summed E-state index contributed by atoms with van der Waals surface area (Å²) in [5.74, 6) is -0.490. The Bertz CT molecular complexity index is 602. The minimum atomic E-state index is -0.309. The third kappa shape index (κ3) is 6.55. The van der Waals surface area contributed by atoms with Crippen LogP contribution in [0.4, 0.5) is 4.39 Å². The molecule has 1 aliphatic heterocycles. The number of likely N-dealkylation sites (tertiary alicyclic amines) is 1. The van der Waals surface area contributed by atoms with Gasteiger partial charge < -0.3 is 16.0 Å². The van der Waals surface area contributed by atoms with Crippen LogP contribution in [0.2, 0.25) is 0 Å². The van der Waals surface area contributed by atoms with Crippen LogP contribution in [0.1, 0.15) is 18.4 Å². The standard InChI is InChI=1S/C18H27FN4O2.ClH/c1-22(11-14-5-2-3-7-16(14)19)17(24)13-23-10-4-6-15(12-23)18(25)21-9-8-20;/h2-3,5,7,15H,4,6,8-13,20H2,1H3,(H,21,25);1H. The van der Waals surface area contributed by atoms with Crippen LogP contribution in [0.3, 0.4) is 0 Å². The van der Waals surface area contributed by atoms with E-state index in [-0.39, 0.29) is 49.0 Å². The average molecular weight is 387 g/mol. The van der Waals surface area contributed by atoms with Gasteiger partial charge in [-0.15, -0.1) is 12.4 Å². The number of nitrogens with one attached hydrogen (secondary N) is 1. The first-order chi connectivity index (χ1) is 12.0. The van der Waals surface area contributed by atoms with Crippen molar-refractivity contribution in [3.05, 3.63) is 35.6 Å². The van der Waals surface area contributed by atoms with Crippen LogP contribution in [0.15, 0.2) is 24.3 Å². The second-order valence-corrected chi connectivity index (χ2v) is 6.50. The van der Waals surface area contributed by atoms with Crippen LogP contribution < -0.4 is 11.1 Å². The molecule has 1 aromatic carbocycles. The lowest BCUT2D eigenvalue weighted by Crippen LogP contribution is -2.47. The van der Waals surface area contributed by atoms with Crippen molar-refractivity contribution in [2.75, 3.05) is 39.8 Å². The van der Waals surface area contributed by atoms with Crippen molar-refractivity contribution >= 4 is 24.2 Å². The number of piperidine rings is 1. The topological polar surface area (TPSA) is 78.7 Å². The summed E-state index contributed by atoms with van der Waals surface area (Å²) in [5.41, 5.74) is 5.90. The van der Waals surface area contributed by atoms with Gasteiger partial charge in [-0.25, -0.2) is 4.39 Å². The summed E-state index contributed by atoms with van der Waals surface area (Å²) in [5, 5.41) is 2.81. The summed E-state index contributed by atoms with van der Waals surface area (Å²) in [6.07, 6.45) is 1.71. The van der Waals surface area contributed by atoms with Gasteiger partial charge in [0.2, 0.25) is 11.8 Å². The summed E-state index contributed by atoms with van der Waals surface area (Å²) in [6, 6.07) is 6.46. The largest absolute Gasteiger partial charge is 0.355 e. The zero-order valence-electron chi connectivity index (χ0n) is 15.1. The Balaban J connectivity index is 0.00000338. The molecule has 1 fully saturated rings. The number of benzene rings is 1. The SMILES string of the molecule is CN(Cc1ccccc1F)C(=O)CN1CCCC(C(=O)NCCN)C1.Cl. The van der Waals surface area contributed by atoms with Gasteiger partial charge in [-0.3, -0.25) is 14.5 Å². The van der Waals surface area contributed by atoms with Gasteiger partial charge >= 0.3 is 0 Å². The molecule has 146 valence electrons. The number of rotatable bonds is 7. The summed E-state index contributed by atoms with van der Waals surface area (Å²) in [7, 11) is 1.67. The molecule has 1 heterocycles. The van der Waals surface area contributed by atoms with Crippen molar-refractivity contribution in [2.45, 2.75) is 19.4 Å². The Labute approximate surface area is 160 Å². The van der Waals surface area contributed by atoms with Crippen molar-refractivity contribution in [2.24, 2.45) is 11.7 Å². The molecule has 1 saturated heterocycles. The molecular weight excluding hydrogens is 359 g/mol. The predicted octanol–water partition coefficient (Wildman–Crippen LogP) is 0.993. The molecule has 2 amide bonds. The number of halogens is 2. The second kappa shape index (κ2) is 11.1. The van der Waals surface area contributed by atoms with Crippen LogP contribution in [0.25, 0.3) is 0 Å². The first-order valence-electron chi connectivity index (χ1n) is 8.68. The molecule has 0 aromatic heterocycles. The van der Waals surface area contributed by atoms with E-state index in [0.29, 0.717) is 25.2 Å². The monoisotopic (exact) mass is 386 g/mol. The number of nitrogens with zero attached hydrogens (tertiary/aromatic N) is 2. The lowest BCUT2D eigenvalue weighted by molar-refractivity contribution is -0.134. The highest BCUT2D eigenvalue weighted by Gasteiger charge is 2.27. The van der Waals surface area contributed by atoms with E-state index in [2.05, 4.69) is 5.32 Å². The second-order valence-electron chi connectivity index (χ2n) is 6.50. The van der Waals surface area contributed by atoms with Gasteiger partial charge in [0.05, 0.1) is 12.5 Å². The van der Waals surface area contributed by atoms with Gasteiger partial charge in [0, 0.05) is 38.8 Å². The highest BCUT2D eigenvalue weighted by molar-refractivity contribution is 5.85. The lowest BCUT2D eigenvalue weighted by Gasteiger charge is -2.32. The number of carbonyl (C=O) groups is 2. The average Bonchev–Trinajstić information content (AvgIpc) is 2.61. The van der Waals surface area contributed by atoms with Crippen LogP contribution in [0, 0.1) is 11.7 Å². The first kappa shape index (κ1) is 22.3. The third-order valence-corrected chi connectivity index (χ3v) is 4.47. The number of nitrogens with two attached hydrogens (primary N) is 1. The van der Waals surface area contributed by atoms with E-state index in [4.69, 9.17) is 5.73 Å². The van der Waals surface area contributed by atoms with Crippen molar-refractivity contribution in [1.82, 2.24) is 15.1 Å². The van der Waals surface area contributed by atoms with Gasteiger partial charge in [0.25, 0.3) is 0 Å². The fraction of sp³-hybridized carbons (Fsp3) is 0.556. The summed E-state index contributed by atoms with van der Waals surface area (Å²) < 4.78 is 13.7. The zero-order chi connectivity index (χ0) is 18.2. The highest BCUT2D eigenvalue weighted by Crippen LogP contribution is 2.17. The van der Waals surface area contributed by atoms with E-state index in [1.165, 1.54) is 11.0 Å². The summed E-state index contributed by atoms with van der Waals surface area (Å²) >= 11 is 0. The molecule has 0 aliphatic carbocycles. The molecule has 1 atom stereocenters. The molecule has 0 spiro atoms. The van der Waals surface area contributed by atoms with Gasteiger partial charge in [-0.1, -0.05) is 18.2 Å². The minimum Gasteiger partial charge on any atom is -0.355 e. The van der Waals surface area contributed by atoms with Crippen LogP contribution in [-0.2, 0) is 16.1 Å². The molecule has 2 rings (SSSR count). The molecule has 1 aliphatic rings. The van der Waals surface area contributed by atoms with E-state index in [1.54, 1.807) is 25.2 Å². The van der Waals surface area contributed by atoms with E-state index in [0.717, 1.165) is 19.4 Å². The quantitative estimate of drug-likeness (QED) is 0.732. The third-order valence-electron chi connectivity index (χ3n) is 4.47. The maximum Gasteiger partial charge on any atom is 0.236 e. The number of hydrogen-bond donors (Lipinski definition) is 2. The number of amides is 2. The number of hydrogen-bond acceptors (Lipinski definition) is 4. The van der Waals surface area contributed by atoms with E-state index in [9.17, 15) is 14.0 Å². The first-order valence-corrected chi connectivity index (χ1v) is 8.68. The van der Waals surface area contributed by atoms with Crippen LogP contribution >= 0.6 is 12.4 Å². The van der Waals surface area contributed by atoms with Gasteiger partial charge in [0.1, 0.15) is 5.82 Å². The normalized spacial score (nSPS) is 17.3. The van der Waals surface area contributed by atoms with E-state index < -0.39 is 0 Å². The molecule has 1 aromatic rings. The molecule has 3 N–H and O–H groups in total. The maximum absolute atomic E-state index is 13.7. The Hall–Kier alpha value is -1.70. The molecule has 0 saturated carbocycles. The van der Waals surface area contributed by atoms with Gasteiger partial charge in [0.15, 0.2) is 0 Å². The summed E-state index contributed by atoms with van der Waals surface area (Å²) in [4.78, 5) is 28.0. The highest BCUT2D eigenvalue weighted by atomic mass is 35.5. The smallest absolute Gasteiger partial charge is 0.236 e. The van der Waals surface area contributed by atoms with Crippen molar-refractivity contribution < 1.29 is 14.0 Å². The van der Waals surface area contributed by atoms with Crippen molar-refractivity contribution in [3.63, 3.8) is 0 Å². The van der Waals surface area contributed by atoms with Crippen LogP contribution in [-0.4, -0.2) is 61.4 Å². The Morgan fingerprint density at radius 2 is 2.12 bits per heavy atom. The molecule has 0 radical (unpaired) electrons. The maximum atomic E-state index is 13.7. The fourth-order valence-electron chi connectivity index (χ4n) is 3.04. The minimum absolute atomic E-state index is 0. The van der Waals surface area contributed by atoms with E-state index >= 15 is 0 Å². The lowest BCUT2D eigenvalue weighted by atomic mass is 9.97. The van der Waals surface area contributed by atoms with Gasteiger partial charge in [-0.05, 0) is 25.5 Å².